The number of thiazole rings is 1. The number of amidine groups is 1. The first-order chi connectivity index (χ1) is 7.56. The van der Waals surface area contributed by atoms with Gasteiger partial charge in [-0.05, 0) is 18.1 Å². The predicted molar refractivity (Wildman–Crippen MR) is 73.7 cm³/mol. The third kappa shape index (κ3) is 3.49. The van der Waals surface area contributed by atoms with Crippen LogP contribution in [0.5, 0.6) is 0 Å². The molecule has 3 N–H and O–H groups in total. The molecule has 0 aliphatic heterocycles. The Morgan fingerprint density at radius 3 is 2.69 bits per heavy atom. The van der Waals surface area contributed by atoms with E-state index in [2.05, 4.69) is 25.8 Å². The number of nitrogens with one attached hydrogen (secondary N) is 1. The van der Waals surface area contributed by atoms with Gasteiger partial charge in [-0.25, -0.2) is 4.98 Å². The molecule has 0 aliphatic rings. The maximum atomic E-state index is 7.54. The Morgan fingerprint density at radius 2 is 2.25 bits per heavy atom. The van der Waals surface area contributed by atoms with Crippen LogP contribution in [0.1, 0.15) is 48.7 Å². The van der Waals surface area contributed by atoms with E-state index in [0.29, 0.717) is 5.92 Å². The summed E-state index contributed by atoms with van der Waals surface area (Å²) in [5.74, 6) is 2.57. The molecule has 0 radical (unpaired) electrons. The van der Waals surface area contributed by atoms with Gasteiger partial charge in [-0.1, -0.05) is 20.8 Å². The van der Waals surface area contributed by atoms with Crippen LogP contribution in [0.25, 0.3) is 0 Å². The van der Waals surface area contributed by atoms with Crippen molar-refractivity contribution in [1.29, 1.82) is 5.41 Å². The standard InChI is InChI=1S/C11H19N3S2/c1-4-5-15-6-8-14-9(7(2)3)10(16-8)11(12)13/h7H,4-6H2,1-3H3,(H3,12,13). The van der Waals surface area contributed by atoms with Gasteiger partial charge >= 0.3 is 0 Å². The molecule has 5 heteroatoms. The highest BCUT2D eigenvalue weighted by Gasteiger charge is 2.15. The van der Waals surface area contributed by atoms with Gasteiger partial charge in [-0.3, -0.25) is 5.41 Å². The summed E-state index contributed by atoms with van der Waals surface area (Å²) in [5, 5.41) is 8.63. The van der Waals surface area contributed by atoms with Gasteiger partial charge < -0.3 is 5.73 Å². The molecule has 0 fully saturated rings. The highest BCUT2D eigenvalue weighted by atomic mass is 32.2. The van der Waals surface area contributed by atoms with Crippen molar-refractivity contribution in [3.63, 3.8) is 0 Å². The van der Waals surface area contributed by atoms with Crippen LogP contribution in [0.4, 0.5) is 0 Å². The summed E-state index contributed by atoms with van der Waals surface area (Å²) < 4.78 is 0. The van der Waals surface area contributed by atoms with E-state index in [-0.39, 0.29) is 5.84 Å². The fourth-order valence-corrected chi connectivity index (χ4v) is 3.36. The molecule has 0 aromatic carbocycles. The van der Waals surface area contributed by atoms with Crippen LogP contribution < -0.4 is 5.73 Å². The number of hydrogen-bond acceptors (Lipinski definition) is 4. The van der Waals surface area contributed by atoms with Gasteiger partial charge in [0.2, 0.25) is 0 Å². The molecule has 16 heavy (non-hydrogen) atoms. The van der Waals surface area contributed by atoms with Gasteiger partial charge in [0.05, 0.1) is 10.6 Å². The monoisotopic (exact) mass is 257 g/mol. The second-order valence-corrected chi connectivity index (χ2v) is 6.13. The van der Waals surface area contributed by atoms with Crippen molar-refractivity contribution < 1.29 is 0 Å². The zero-order chi connectivity index (χ0) is 12.1. The molecule has 90 valence electrons. The lowest BCUT2D eigenvalue weighted by molar-refractivity contribution is 0.825. The number of nitrogens with zero attached hydrogens (tertiary/aromatic N) is 1. The molecule has 0 amide bonds. The minimum Gasteiger partial charge on any atom is -0.383 e. The minimum atomic E-state index is 0.146. The highest BCUT2D eigenvalue weighted by Crippen LogP contribution is 2.27. The molecular weight excluding hydrogens is 238 g/mol. The van der Waals surface area contributed by atoms with Crippen molar-refractivity contribution in [2.24, 2.45) is 5.73 Å². The number of hydrogen-bond donors (Lipinski definition) is 2. The van der Waals surface area contributed by atoms with Gasteiger partial charge in [-0.2, -0.15) is 11.8 Å². The SMILES string of the molecule is CCCSCc1nc(C(C)C)c(C(=N)N)s1. The topological polar surface area (TPSA) is 62.8 Å². The molecule has 0 bridgehead atoms. The zero-order valence-electron chi connectivity index (χ0n) is 10.0. The van der Waals surface area contributed by atoms with Gasteiger partial charge in [0.25, 0.3) is 0 Å². The lowest BCUT2D eigenvalue weighted by atomic mass is 10.1. The minimum absolute atomic E-state index is 0.146. The fourth-order valence-electron chi connectivity index (χ4n) is 1.33. The average Bonchev–Trinajstić information content (AvgIpc) is 2.62. The number of nitrogens with two attached hydrogens (primary N) is 1. The molecule has 0 atom stereocenters. The first kappa shape index (κ1) is 13.5. The molecule has 1 rings (SSSR count). The average molecular weight is 257 g/mol. The summed E-state index contributed by atoms with van der Waals surface area (Å²) in [6.45, 7) is 6.35. The molecule has 0 spiro atoms. The van der Waals surface area contributed by atoms with Crippen LogP contribution in [-0.4, -0.2) is 16.6 Å². The number of aromatic nitrogens is 1. The summed E-state index contributed by atoms with van der Waals surface area (Å²) >= 11 is 3.45. The third-order valence-electron chi connectivity index (χ3n) is 2.06. The van der Waals surface area contributed by atoms with E-state index in [9.17, 15) is 0 Å². The number of thioether (sulfide) groups is 1. The predicted octanol–water partition coefficient (Wildman–Crippen LogP) is 3.19. The van der Waals surface area contributed by atoms with E-state index in [1.54, 1.807) is 11.3 Å². The van der Waals surface area contributed by atoms with E-state index >= 15 is 0 Å². The molecule has 1 heterocycles. The second-order valence-electron chi connectivity index (χ2n) is 3.94. The van der Waals surface area contributed by atoms with E-state index in [1.165, 1.54) is 6.42 Å². The van der Waals surface area contributed by atoms with Gasteiger partial charge in [-0.15, -0.1) is 11.3 Å². The molecule has 0 aliphatic carbocycles. The number of rotatable bonds is 6. The van der Waals surface area contributed by atoms with Crippen molar-refractivity contribution in [2.75, 3.05) is 5.75 Å². The van der Waals surface area contributed by atoms with Gasteiger partial charge in [0, 0.05) is 5.75 Å². The van der Waals surface area contributed by atoms with Crippen molar-refractivity contribution in [3.05, 3.63) is 15.6 Å². The zero-order valence-corrected chi connectivity index (χ0v) is 11.7. The van der Waals surface area contributed by atoms with Crippen molar-refractivity contribution in [3.8, 4) is 0 Å². The molecule has 0 saturated heterocycles. The first-order valence-corrected chi connectivity index (χ1v) is 7.45. The maximum absolute atomic E-state index is 7.54. The van der Waals surface area contributed by atoms with Crippen LogP contribution >= 0.6 is 23.1 Å². The lowest BCUT2D eigenvalue weighted by Crippen LogP contribution is -2.12. The number of nitrogen functional groups attached to an aromatic ring is 1. The van der Waals surface area contributed by atoms with Crippen LogP contribution in [0.3, 0.4) is 0 Å². The van der Waals surface area contributed by atoms with Crippen molar-refractivity contribution >= 4 is 28.9 Å². The third-order valence-corrected chi connectivity index (χ3v) is 4.52. The van der Waals surface area contributed by atoms with Gasteiger partial charge in [0.1, 0.15) is 10.8 Å². The van der Waals surface area contributed by atoms with Crippen molar-refractivity contribution in [1.82, 2.24) is 4.98 Å². The highest BCUT2D eigenvalue weighted by molar-refractivity contribution is 7.98. The Bertz CT molecular complexity index is 358. The van der Waals surface area contributed by atoms with Crippen LogP contribution in [-0.2, 0) is 5.75 Å². The van der Waals surface area contributed by atoms with E-state index in [4.69, 9.17) is 11.1 Å². The Morgan fingerprint density at radius 1 is 1.56 bits per heavy atom. The summed E-state index contributed by atoms with van der Waals surface area (Å²) in [6.07, 6.45) is 1.19. The Hall–Kier alpha value is -0.550. The smallest absolute Gasteiger partial charge is 0.135 e. The van der Waals surface area contributed by atoms with Crippen LogP contribution in [0.2, 0.25) is 0 Å². The molecular formula is C11H19N3S2. The summed E-state index contributed by atoms with van der Waals surface area (Å²) in [5.41, 5.74) is 6.54. The maximum Gasteiger partial charge on any atom is 0.135 e. The summed E-state index contributed by atoms with van der Waals surface area (Å²) in [7, 11) is 0. The molecule has 3 nitrogen and oxygen atoms in total. The van der Waals surface area contributed by atoms with E-state index in [0.717, 1.165) is 27.1 Å². The van der Waals surface area contributed by atoms with Crippen LogP contribution in [0.15, 0.2) is 0 Å². The Balaban J connectivity index is 2.80. The molecule has 1 aromatic heterocycles. The van der Waals surface area contributed by atoms with E-state index in [1.807, 2.05) is 11.8 Å². The van der Waals surface area contributed by atoms with Crippen LogP contribution in [0, 0.1) is 5.41 Å². The Labute approximate surface area is 105 Å². The van der Waals surface area contributed by atoms with E-state index < -0.39 is 0 Å². The largest absolute Gasteiger partial charge is 0.383 e. The Kier molecular flexibility index (Phi) is 5.28. The molecule has 1 aromatic rings. The van der Waals surface area contributed by atoms with Gasteiger partial charge in [0.15, 0.2) is 0 Å². The van der Waals surface area contributed by atoms with Crippen molar-refractivity contribution in [2.45, 2.75) is 38.9 Å². The summed E-state index contributed by atoms with van der Waals surface area (Å²) in [4.78, 5) is 5.43. The quantitative estimate of drug-likeness (QED) is 0.467. The molecule has 0 unspecified atom stereocenters. The lowest BCUT2D eigenvalue weighted by Gasteiger charge is -2.02. The normalized spacial score (nSPS) is 11.0. The summed E-state index contributed by atoms with van der Waals surface area (Å²) in [6, 6.07) is 0. The first-order valence-electron chi connectivity index (χ1n) is 5.48. The second kappa shape index (κ2) is 6.25. The molecule has 0 saturated carbocycles. The fraction of sp³-hybridized carbons (Fsp3) is 0.636.